The molecule has 102 valence electrons. The lowest BCUT2D eigenvalue weighted by Crippen LogP contribution is -2.42. The van der Waals surface area contributed by atoms with E-state index < -0.39 is 0 Å². The summed E-state index contributed by atoms with van der Waals surface area (Å²) < 4.78 is 5.13. The van der Waals surface area contributed by atoms with E-state index in [-0.39, 0.29) is 6.09 Å². The van der Waals surface area contributed by atoms with Crippen LogP contribution in [0.3, 0.4) is 0 Å². The van der Waals surface area contributed by atoms with Crippen LogP contribution in [0.25, 0.3) is 0 Å². The topological polar surface area (TPSA) is 29.5 Å². The molecule has 0 N–H and O–H groups in total. The fourth-order valence-electron chi connectivity index (χ4n) is 3.59. The number of carbonyl (C=O) groups is 1. The van der Waals surface area contributed by atoms with Gasteiger partial charge in [0.05, 0.1) is 6.61 Å². The number of hydrogen-bond acceptors (Lipinski definition) is 2. The number of aryl methyl sites for hydroxylation is 1. The van der Waals surface area contributed by atoms with Gasteiger partial charge in [-0.25, -0.2) is 4.79 Å². The monoisotopic (exact) mass is 259 g/mol. The molecule has 0 spiro atoms. The fourth-order valence-corrected chi connectivity index (χ4v) is 3.59. The van der Waals surface area contributed by atoms with Gasteiger partial charge in [0.2, 0.25) is 0 Å². The zero-order valence-corrected chi connectivity index (χ0v) is 11.7. The lowest BCUT2D eigenvalue weighted by Gasteiger charge is -2.34. The Morgan fingerprint density at radius 1 is 1.47 bits per heavy atom. The molecule has 2 aliphatic rings. The first kappa shape index (κ1) is 12.5. The van der Waals surface area contributed by atoms with Gasteiger partial charge in [-0.3, -0.25) is 0 Å². The van der Waals surface area contributed by atoms with Crippen molar-refractivity contribution in [2.75, 3.05) is 19.7 Å². The number of piperidine rings is 1. The highest BCUT2D eigenvalue weighted by molar-refractivity contribution is 5.68. The highest BCUT2D eigenvalue weighted by Gasteiger charge is 2.38. The van der Waals surface area contributed by atoms with Gasteiger partial charge < -0.3 is 9.64 Å². The van der Waals surface area contributed by atoms with Crippen LogP contribution >= 0.6 is 0 Å². The third-order valence-corrected chi connectivity index (χ3v) is 4.59. The predicted octanol–water partition coefficient (Wildman–Crippen LogP) is 3.11. The summed E-state index contributed by atoms with van der Waals surface area (Å²) in [6.45, 7) is 6.17. The largest absolute Gasteiger partial charge is 0.450 e. The zero-order valence-electron chi connectivity index (χ0n) is 11.7. The molecule has 1 aliphatic carbocycles. The van der Waals surface area contributed by atoms with Gasteiger partial charge in [0.1, 0.15) is 0 Å². The summed E-state index contributed by atoms with van der Waals surface area (Å²) in [5.74, 6) is 1.22. The normalized spacial score (nSPS) is 24.8. The summed E-state index contributed by atoms with van der Waals surface area (Å²) in [6.07, 6.45) is 2.13. The molecule has 1 aliphatic heterocycles. The Morgan fingerprint density at radius 2 is 2.32 bits per heavy atom. The van der Waals surface area contributed by atoms with Crippen molar-refractivity contribution in [2.45, 2.75) is 32.6 Å². The van der Waals surface area contributed by atoms with Crippen LogP contribution in [0.5, 0.6) is 0 Å². The average molecular weight is 259 g/mol. The molecule has 1 aromatic carbocycles. The maximum absolute atomic E-state index is 11.9. The molecule has 3 rings (SSSR count). The maximum atomic E-state index is 11.9. The van der Waals surface area contributed by atoms with Gasteiger partial charge in [-0.1, -0.05) is 18.2 Å². The van der Waals surface area contributed by atoms with Crippen molar-refractivity contribution in [3.05, 3.63) is 34.9 Å². The summed E-state index contributed by atoms with van der Waals surface area (Å²) in [5, 5.41) is 0. The van der Waals surface area contributed by atoms with Crippen LogP contribution in [-0.2, 0) is 11.2 Å². The number of ether oxygens (including phenoxy) is 1. The molecule has 0 aromatic heterocycles. The van der Waals surface area contributed by atoms with E-state index >= 15 is 0 Å². The van der Waals surface area contributed by atoms with Crippen LogP contribution in [-0.4, -0.2) is 30.7 Å². The van der Waals surface area contributed by atoms with E-state index in [2.05, 4.69) is 25.1 Å². The smallest absolute Gasteiger partial charge is 0.409 e. The Labute approximate surface area is 114 Å². The van der Waals surface area contributed by atoms with Crippen LogP contribution in [0.4, 0.5) is 4.79 Å². The minimum Gasteiger partial charge on any atom is -0.450 e. The number of likely N-dealkylation sites (tertiary alicyclic amines) is 1. The van der Waals surface area contributed by atoms with Gasteiger partial charge in [0.15, 0.2) is 0 Å². The summed E-state index contributed by atoms with van der Waals surface area (Å²) in [7, 11) is 0. The second-order valence-corrected chi connectivity index (χ2v) is 5.65. The summed E-state index contributed by atoms with van der Waals surface area (Å²) in [5.41, 5.74) is 4.37. The molecule has 0 saturated carbocycles. The van der Waals surface area contributed by atoms with Gasteiger partial charge in [-0.15, -0.1) is 0 Å². The Balaban J connectivity index is 1.81. The molecule has 1 fully saturated rings. The lowest BCUT2D eigenvalue weighted by molar-refractivity contribution is 0.0876. The van der Waals surface area contributed by atoms with Crippen LogP contribution in [0, 0.1) is 12.8 Å². The first-order chi connectivity index (χ1) is 9.20. The third-order valence-electron chi connectivity index (χ3n) is 4.59. The van der Waals surface area contributed by atoms with Crippen molar-refractivity contribution in [3.63, 3.8) is 0 Å². The van der Waals surface area contributed by atoms with Crippen molar-refractivity contribution in [2.24, 2.45) is 5.92 Å². The minimum absolute atomic E-state index is 0.151. The van der Waals surface area contributed by atoms with Gasteiger partial charge >= 0.3 is 6.09 Å². The number of fused-ring (bicyclic) bond motifs is 3. The van der Waals surface area contributed by atoms with Crippen LogP contribution < -0.4 is 0 Å². The second kappa shape index (κ2) is 4.87. The molecular weight excluding hydrogens is 238 g/mol. The van der Waals surface area contributed by atoms with Gasteiger partial charge in [0, 0.05) is 19.0 Å². The Hall–Kier alpha value is -1.51. The molecule has 1 aromatic rings. The lowest BCUT2D eigenvalue weighted by atomic mass is 9.86. The van der Waals surface area contributed by atoms with Gasteiger partial charge in [-0.2, -0.15) is 0 Å². The molecule has 1 heterocycles. The summed E-state index contributed by atoms with van der Waals surface area (Å²) in [4.78, 5) is 13.7. The molecule has 1 amide bonds. The molecule has 3 nitrogen and oxygen atoms in total. The number of carbonyl (C=O) groups excluding carboxylic acids is 1. The molecule has 0 bridgehead atoms. The maximum Gasteiger partial charge on any atom is 0.409 e. The zero-order chi connectivity index (χ0) is 13.4. The van der Waals surface area contributed by atoms with Crippen molar-refractivity contribution in [1.29, 1.82) is 0 Å². The molecule has 1 saturated heterocycles. The van der Waals surface area contributed by atoms with Crippen molar-refractivity contribution < 1.29 is 9.53 Å². The van der Waals surface area contributed by atoms with Crippen molar-refractivity contribution in [3.8, 4) is 0 Å². The van der Waals surface area contributed by atoms with E-state index in [4.69, 9.17) is 4.74 Å². The van der Waals surface area contributed by atoms with Crippen LogP contribution in [0.15, 0.2) is 18.2 Å². The number of hydrogen-bond donors (Lipinski definition) is 0. The predicted molar refractivity (Wildman–Crippen MR) is 74.3 cm³/mol. The molecule has 3 heteroatoms. The quantitative estimate of drug-likeness (QED) is 0.775. The summed E-state index contributed by atoms with van der Waals surface area (Å²) >= 11 is 0. The number of rotatable bonds is 1. The Kier molecular flexibility index (Phi) is 3.21. The highest BCUT2D eigenvalue weighted by atomic mass is 16.6. The van der Waals surface area contributed by atoms with E-state index in [1.165, 1.54) is 23.1 Å². The van der Waals surface area contributed by atoms with Crippen LogP contribution in [0.1, 0.15) is 36.0 Å². The first-order valence-electron chi connectivity index (χ1n) is 7.20. The summed E-state index contributed by atoms with van der Waals surface area (Å²) in [6, 6.07) is 6.57. The minimum atomic E-state index is -0.151. The molecular formula is C16H21NO2. The molecule has 0 radical (unpaired) electrons. The van der Waals surface area contributed by atoms with Crippen molar-refractivity contribution >= 4 is 6.09 Å². The SMILES string of the molecule is CCOC(=O)N1CC[C@@H]2Cc3c(C)cccc3[C@@H]2C1. The average Bonchev–Trinajstić information content (AvgIpc) is 2.78. The second-order valence-electron chi connectivity index (χ2n) is 5.65. The molecule has 0 unspecified atom stereocenters. The van der Waals surface area contributed by atoms with E-state index in [0.29, 0.717) is 18.4 Å². The third kappa shape index (κ3) is 2.11. The Morgan fingerprint density at radius 3 is 3.11 bits per heavy atom. The molecule has 2 atom stereocenters. The van der Waals surface area contributed by atoms with E-state index in [1.54, 1.807) is 0 Å². The molecule has 19 heavy (non-hydrogen) atoms. The van der Waals surface area contributed by atoms with Crippen molar-refractivity contribution in [1.82, 2.24) is 4.90 Å². The standard InChI is InChI=1S/C16H21NO2/c1-3-19-16(18)17-8-7-12-9-14-11(2)5-4-6-13(14)15(12)10-17/h4-6,12,15H,3,7-10H2,1-2H3/t12-,15-/m1/s1. The fraction of sp³-hybridized carbons (Fsp3) is 0.562. The highest BCUT2D eigenvalue weighted by Crippen LogP contribution is 2.43. The van der Waals surface area contributed by atoms with Crippen LogP contribution in [0.2, 0.25) is 0 Å². The first-order valence-corrected chi connectivity index (χ1v) is 7.20. The van der Waals surface area contributed by atoms with E-state index in [0.717, 1.165) is 19.5 Å². The van der Waals surface area contributed by atoms with Gasteiger partial charge in [0.25, 0.3) is 0 Å². The van der Waals surface area contributed by atoms with Gasteiger partial charge in [-0.05, 0) is 49.3 Å². The van der Waals surface area contributed by atoms with E-state index in [9.17, 15) is 4.79 Å². The number of benzene rings is 1. The number of amides is 1. The number of nitrogens with zero attached hydrogens (tertiary/aromatic N) is 1. The Bertz CT molecular complexity index is 498. The van der Waals surface area contributed by atoms with E-state index in [1.807, 2.05) is 11.8 Å².